The molecule has 1 amide bonds. The average molecular weight is 224 g/mol. The monoisotopic (exact) mass is 224 g/mol. The van der Waals surface area contributed by atoms with E-state index in [4.69, 9.17) is 5.73 Å². The first-order valence-electron chi connectivity index (χ1n) is 6.67. The van der Waals surface area contributed by atoms with Gasteiger partial charge in [0.25, 0.3) is 0 Å². The van der Waals surface area contributed by atoms with Gasteiger partial charge in [-0.3, -0.25) is 4.79 Å². The van der Waals surface area contributed by atoms with E-state index in [0.29, 0.717) is 5.92 Å². The van der Waals surface area contributed by atoms with E-state index in [-0.39, 0.29) is 5.91 Å². The molecule has 2 atom stereocenters. The van der Waals surface area contributed by atoms with Crippen molar-refractivity contribution in [3.8, 4) is 0 Å². The van der Waals surface area contributed by atoms with Crippen molar-refractivity contribution in [1.29, 1.82) is 0 Å². The zero-order chi connectivity index (χ0) is 11.6. The summed E-state index contributed by atoms with van der Waals surface area (Å²) in [4.78, 5) is 11.8. The van der Waals surface area contributed by atoms with Gasteiger partial charge in [0.15, 0.2) is 0 Å². The van der Waals surface area contributed by atoms with E-state index in [1.54, 1.807) is 0 Å². The van der Waals surface area contributed by atoms with E-state index >= 15 is 0 Å². The molecule has 2 unspecified atom stereocenters. The van der Waals surface area contributed by atoms with Crippen LogP contribution in [-0.2, 0) is 4.79 Å². The molecule has 2 aliphatic rings. The maximum absolute atomic E-state index is 11.8. The summed E-state index contributed by atoms with van der Waals surface area (Å²) in [5, 5.41) is 3.05. The maximum Gasteiger partial charge on any atom is 0.240 e. The standard InChI is InChI=1S/C13H24N2O/c1-10-4-2-5-11(8-10)9-15-12(16)13(14)6-3-7-13/h10-11H,2-9,14H2,1H3,(H,15,16). The summed E-state index contributed by atoms with van der Waals surface area (Å²) >= 11 is 0. The van der Waals surface area contributed by atoms with Crippen LogP contribution in [0.3, 0.4) is 0 Å². The molecule has 0 heterocycles. The van der Waals surface area contributed by atoms with Gasteiger partial charge < -0.3 is 11.1 Å². The van der Waals surface area contributed by atoms with Crippen LogP contribution in [0.1, 0.15) is 51.9 Å². The first-order chi connectivity index (χ1) is 7.60. The van der Waals surface area contributed by atoms with Crippen molar-refractivity contribution in [2.24, 2.45) is 17.6 Å². The lowest BCUT2D eigenvalue weighted by Crippen LogP contribution is -2.59. The number of rotatable bonds is 3. The molecule has 3 N–H and O–H groups in total. The van der Waals surface area contributed by atoms with Crippen molar-refractivity contribution in [2.45, 2.75) is 57.4 Å². The van der Waals surface area contributed by atoms with Gasteiger partial charge in [0.05, 0.1) is 5.54 Å². The van der Waals surface area contributed by atoms with Crippen molar-refractivity contribution in [3.63, 3.8) is 0 Å². The lowest BCUT2D eigenvalue weighted by Gasteiger charge is -2.37. The summed E-state index contributed by atoms with van der Waals surface area (Å²) in [6.45, 7) is 3.15. The van der Waals surface area contributed by atoms with Gasteiger partial charge in [-0.1, -0.05) is 19.8 Å². The normalized spacial score (nSPS) is 32.9. The number of amides is 1. The molecule has 0 aliphatic heterocycles. The molecule has 0 aromatic heterocycles. The maximum atomic E-state index is 11.8. The second-order valence-electron chi connectivity index (χ2n) is 5.86. The summed E-state index contributed by atoms with van der Waals surface area (Å²) in [6, 6.07) is 0. The predicted molar refractivity (Wildman–Crippen MR) is 64.9 cm³/mol. The lowest BCUT2D eigenvalue weighted by atomic mass is 9.76. The van der Waals surface area contributed by atoms with Crippen LogP contribution in [0.2, 0.25) is 0 Å². The van der Waals surface area contributed by atoms with Crippen LogP contribution in [0.5, 0.6) is 0 Å². The largest absolute Gasteiger partial charge is 0.354 e. The highest BCUT2D eigenvalue weighted by molar-refractivity contribution is 5.86. The van der Waals surface area contributed by atoms with Gasteiger partial charge in [0, 0.05) is 6.54 Å². The predicted octanol–water partition coefficient (Wildman–Crippen LogP) is 1.81. The van der Waals surface area contributed by atoms with Crippen molar-refractivity contribution in [2.75, 3.05) is 6.54 Å². The molecule has 2 saturated carbocycles. The highest BCUT2D eigenvalue weighted by Gasteiger charge is 2.40. The third-order valence-electron chi connectivity index (χ3n) is 4.29. The van der Waals surface area contributed by atoms with Gasteiger partial charge in [0.2, 0.25) is 5.91 Å². The minimum Gasteiger partial charge on any atom is -0.354 e. The molecule has 3 heteroatoms. The van der Waals surface area contributed by atoms with Gasteiger partial charge >= 0.3 is 0 Å². The molecule has 2 fully saturated rings. The Morgan fingerprint density at radius 1 is 1.38 bits per heavy atom. The van der Waals surface area contributed by atoms with Gasteiger partial charge in [-0.05, 0) is 43.9 Å². The Kier molecular flexibility index (Phi) is 3.53. The fraction of sp³-hybridized carbons (Fsp3) is 0.923. The van der Waals surface area contributed by atoms with Crippen LogP contribution in [0.15, 0.2) is 0 Å². The van der Waals surface area contributed by atoms with Crippen molar-refractivity contribution < 1.29 is 4.79 Å². The molecule has 0 radical (unpaired) electrons. The van der Waals surface area contributed by atoms with E-state index in [2.05, 4.69) is 12.2 Å². The van der Waals surface area contributed by atoms with Crippen LogP contribution >= 0.6 is 0 Å². The Labute approximate surface area is 98.2 Å². The molecule has 2 rings (SSSR count). The molecular weight excluding hydrogens is 200 g/mol. The molecule has 0 bridgehead atoms. The van der Waals surface area contributed by atoms with Crippen LogP contribution < -0.4 is 11.1 Å². The zero-order valence-electron chi connectivity index (χ0n) is 10.3. The van der Waals surface area contributed by atoms with Gasteiger partial charge in [0.1, 0.15) is 0 Å². The van der Waals surface area contributed by atoms with E-state index in [1.165, 1.54) is 25.7 Å². The smallest absolute Gasteiger partial charge is 0.240 e. The van der Waals surface area contributed by atoms with Crippen LogP contribution in [0, 0.1) is 11.8 Å². The Hall–Kier alpha value is -0.570. The molecule has 3 nitrogen and oxygen atoms in total. The van der Waals surface area contributed by atoms with Crippen LogP contribution in [0.25, 0.3) is 0 Å². The minimum absolute atomic E-state index is 0.0805. The SMILES string of the molecule is CC1CCCC(CNC(=O)C2(N)CCC2)C1. The van der Waals surface area contributed by atoms with Crippen molar-refractivity contribution in [1.82, 2.24) is 5.32 Å². The highest BCUT2D eigenvalue weighted by atomic mass is 16.2. The summed E-state index contributed by atoms with van der Waals surface area (Å²) in [6.07, 6.45) is 8.02. The fourth-order valence-corrected chi connectivity index (χ4v) is 2.94. The second-order valence-corrected chi connectivity index (χ2v) is 5.86. The molecule has 0 aromatic carbocycles. The lowest BCUT2D eigenvalue weighted by molar-refractivity contribution is -0.129. The zero-order valence-corrected chi connectivity index (χ0v) is 10.3. The summed E-state index contributed by atoms with van der Waals surface area (Å²) < 4.78 is 0. The first kappa shape index (κ1) is 11.9. The third-order valence-corrected chi connectivity index (χ3v) is 4.29. The molecule has 16 heavy (non-hydrogen) atoms. The third kappa shape index (κ3) is 2.57. The molecule has 0 saturated heterocycles. The number of nitrogens with one attached hydrogen (secondary N) is 1. The van der Waals surface area contributed by atoms with E-state index in [9.17, 15) is 4.79 Å². The summed E-state index contributed by atoms with van der Waals surface area (Å²) in [7, 11) is 0. The topological polar surface area (TPSA) is 55.1 Å². The fourth-order valence-electron chi connectivity index (χ4n) is 2.94. The van der Waals surface area contributed by atoms with Crippen LogP contribution in [-0.4, -0.2) is 18.0 Å². The Morgan fingerprint density at radius 3 is 2.69 bits per heavy atom. The Morgan fingerprint density at radius 2 is 2.12 bits per heavy atom. The second kappa shape index (κ2) is 4.74. The summed E-state index contributed by atoms with van der Waals surface area (Å²) in [5.41, 5.74) is 5.45. The number of nitrogens with two attached hydrogens (primary N) is 1. The molecule has 92 valence electrons. The molecule has 2 aliphatic carbocycles. The Bertz CT molecular complexity index is 261. The molecule has 0 aromatic rings. The first-order valence-corrected chi connectivity index (χ1v) is 6.67. The molecular formula is C13H24N2O. The van der Waals surface area contributed by atoms with Crippen LogP contribution in [0.4, 0.5) is 0 Å². The van der Waals surface area contributed by atoms with E-state index in [0.717, 1.165) is 31.7 Å². The van der Waals surface area contributed by atoms with Crippen molar-refractivity contribution in [3.05, 3.63) is 0 Å². The quantitative estimate of drug-likeness (QED) is 0.768. The Balaban J connectivity index is 1.72. The van der Waals surface area contributed by atoms with Gasteiger partial charge in [-0.2, -0.15) is 0 Å². The number of carbonyl (C=O) groups is 1. The number of carbonyl (C=O) groups excluding carboxylic acids is 1. The summed E-state index contributed by atoms with van der Waals surface area (Å²) in [5.74, 6) is 1.58. The number of hydrogen-bond acceptors (Lipinski definition) is 2. The molecule has 0 spiro atoms. The van der Waals surface area contributed by atoms with Gasteiger partial charge in [-0.25, -0.2) is 0 Å². The van der Waals surface area contributed by atoms with E-state index < -0.39 is 5.54 Å². The number of hydrogen-bond donors (Lipinski definition) is 2. The van der Waals surface area contributed by atoms with E-state index in [1.807, 2.05) is 0 Å². The average Bonchev–Trinajstić information content (AvgIpc) is 2.22. The highest BCUT2D eigenvalue weighted by Crippen LogP contribution is 2.30. The van der Waals surface area contributed by atoms with Crippen molar-refractivity contribution >= 4 is 5.91 Å². The van der Waals surface area contributed by atoms with Gasteiger partial charge in [-0.15, -0.1) is 0 Å². The minimum atomic E-state index is -0.527.